The zero-order chi connectivity index (χ0) is 22.1. The van der Waals surface area contributed by atoms with Gasteiger partial charge in [-0.05, 0) is 38.3 Å². The average Bonchev–Trinajstić information content (AvgIpc) is 3.19. The first-order chi connectivity index (χ1) is 15.0. The topological polar surface area (TPSA) is 89.4 Å². The number of rotatable bonds is 9. The highest BCUT2D eigenvalue weighted by atomic mass is 16.5. The van der Waals surface area contributed by atoms with E-state index in [-0.39, 0.29) is 5.91 Å². The number of anilines is 1. The number of ether oxygens (including phenoxy) is 1. The van der Waals surface area contributed by atoms with Crippen molar-refractivity contribution >= 4 is 17.6 Å². The van der Waals surface area contributed by atoms with Gasteiger partial charge in [-0.3, -0.25) is 14.7 Å². The van der Waals surface area contributed by atoms with Crippen molar-refractivity contribution in [1.29, 1.82) is 0 Å². The van der Waals surface area contributed by atoms with Gasteiger partial charge in [-0.15, -0.1) is 0 Å². The summed E-state index contributed by atoms with van der Waals surface area (Å²) in [7, 11) is 0. The zero-order valence-electron chi connectivity index (χ0n) is 18.9. The molecule has 8 nitrogen and oxygen atoms in total. The highest BCUT2D eigenvalue weighted by molar-refractivity contribution is 5.95. The number of aliphatic hydroxyl groups is 1. The summed E-state index contributed by atoms with van der Waals surface area (Å²) in [6.07, 6.45) is 2.16. The molecule has 2 heterocycles. The monoisotopic (exact) mass is 431 g/mol. The lowest BCUT2D eigenvalue weighted by atomic mass is 10.1. The van der Waals surface area contributed by atoms with Crippen LogP contribution in [0.15, 0.2) is 29.3 Å². The predicted molar refractivity (Wildman–Crippen MR) is 124 cm³/mol. The van der Waals surface area contributed by atoms with Crippen LogP contribution in [0.25, 0.3) is 0 Å². The first-order valence-electron chi connectivity index (χ1n) is 11.4. The van der Waals surface area contributed by atoms with E-state index in [0.29, 0.717) is 45.2 Å². The predicted octanol–water partition coefficient (Wildman–Crippen LogP) is 0.994. The van der Waals surface area contributed by atoms with E-state index in [9.17, 15) is 9.90 Å². The van der Waals surface area contributed by atoms with E-state index in [2.05, 4.69) is 26.6 Å². The van der Waals surface area contributed by atoms with E-state index in [1.165, 1.54) is 5.56 Å². The molecule has 0 radical (unpaired) electrons. The third-order valence-electron chi connectivity index (χ3n) is 5.64. The molecular weight excluding hydrogens is 394 g/mol. The Morgan fingerprint density at radius 2 is 2.00 bits per heavy atom. The summed E-state index contributed by atoms with van der Waals surface area (Å²) in [5.41, 5.74) is 1.40. The quantitative estimate of drug-likeness (QED) is 0.307. The van der Waals surface area contributed by atoms with Crippen molar-refractivity contribution < 1.29 is 14.6 Å². The number of hydrogen-bond acceptors (Lipinski definition) is 5. The third kappa shape index (κ3) is 7.19. The molecular formula is C23H37N5O3. The highest BCUT2D eigenvalue weighted by Gasteiger charge is 2.25. The number of para-hydroxylation sites is 1. The lowest BCUT2D eigenvalue weighted by molar-refractivity contribution is -0.118. The van der Waals surface area contributed by atoms with Gasteiger partial charge in [0.15, 0.2) is 5.96 Å². The molecule has 0 aromatic heterocycles. The molecule has 2 aliphatic heterocycles. The van der Waals surface area contributed by atoms with Gasteiger partial charge in [0.2, 0.25) is 5.91 Å². The van der Waals surface area contributed by atoms with Crippen LogP contribution in [0.4, 0.5) is 5.69 Å². The van der Waals surface area contributed by atoms with Gasteiger partial charge >= 0.3 is 0 Å². The Kier molecular flexibility index (Phi) is 8.69. The van der Waals surface area contributed by atoms with Gasteiger partial charge in [-0.25, -0.2) is 0 Å². The van der Waals surface area contributed by atoms with Gasteiger partial charge < -0.3 is 25.4 Å². The average molecular weight is 432 g/mol. The molecule has 0 bridgehead atoms. The number of hydrogen-bond donors (Lipinski definition) is 3. The van der Waals surface area contributed by atoms with Crippen LogP contribution in [0, 0.1) is 0 Å². The Bertz CT molecular complexity index is 746. The summed E-state index contributed by atoms with van der Waals surface area (Å²) in [5, 5.41) is 17.2. The molecule has 0 saturated carbocycles. The van der Waals surface area contributed by atoms with Crippen molar-refractivity contribution in [3.8, 4) is 0 Å². The summed E-state index contributed by atoms with van der Waals surface area (Å²) in [5.74, 6) is 0.839. The Balaban J connectivity index is 1.42. The summed E-state index contributed by atoms with van der Waals surface area (Å²) in [6, 6.07) is 8.13. The van der Waals surface area contributed by atoms with Crippen molar-refractivity contribution in [1.82, 2.24) is 15.5 Å². The Morgan fingerprint density at radius 1 is 1.23 bits per heavy atom. The number of carbonyl (C=O) groups is 1. The van der Waals surface area contributed by atoms with Crippen molar-refractivity contribution in [3.05, 3.63) is 29.8 Å². The fourth-order valence-corrected chi connectivity index (χ4v) is 4.06. The SMILES string of the molecule is CCNC(=NCC(C)(O)CN1CCOCC1)NCCCC(=O)N1CCc2ccccc21. The van der Waals surface area contributed by atoms with Gasteiger partial charge in [-0.1, -0.05) is 18.2 Å². The molecule has 1 amide bonds. The molecule has 3 N–H and O–H groups in total. The standard InChI is InChI=1S/C23H37N5O3/c1-3-24-22(26-17-23(2,30)18-27-13-15-31-16-14-27)25-11-6-9-21(29)28-12-10-19-7-4-5-8-20(19)28/h4-5,7-8,30H,3,6,9-18H2,1-2H3,(H2,24,25,26). The molecule has 3 rings (SSSR count). The number of benzene rings is 1. The van der Waals surface area contributed by atoms with E-state index in [0.717, 1.165) is 44.7 Å². The lowest BCUT2D eigenvalue weighted by Gasteiger charge is -2.33. The van der Waals surface area contributed by atoms with Crippen molar-refractivity contribution in [2.75, 3.05) is 63.9 Å². The largest absolute Gasteiger partial charge is 0.387 e. The highest BCUT2D eigenvalue weighted by Crippen LogP contribution is 2.27. The smallest absolute Gasteiger partial charge is 0.227 e. The maximum atomic E-state index is 12.6. The third-order valence-corrected chi connectivity index (χ3v) is 5.64. The van der Waals surface area contributed by atoms with Crippen molar-refractivity contribution in [3.63, 3.8) is 0 Å². The van der Waals surface area contributed by atoms with Crippen LogP contribution in [-0.2, 0) is 16.0 Å². The van der Waals surface area contributed by atoms with Crippen LogP contribution in [0.5, 0.6) is 0 Å². The van der Waals surface area contributed by atoms with Crippen LogP contribution in [0.3, 0.4) is 0 Å². The maximum absolute atomic E-state index is 12.6. The van der Waals surface area contributed by atoms with Gasteiger partial charge in [-0.2, -0.15) is 0 Å². The number of nitrogens with zero attached hydrogens (tertiary/aromatic N) is 3. The van der Waals surface area contributed by atoms with Gasteiger partial charge in [0.1, 0.15) is 0 Å². The number of amides is 1. The fraction of sp³-hybridized carbons (Fsp3) is 0.652. The second kappa shape index (κ2) is 11.5. The normalized spacial score (nSPS) is 19.1. The zero-order valence-corrected chi connectivity index (χ0v) is 18.9. The van der Waals surface area contributed by atoms with Crippen LogP contribution in [0.2, 0.25) is 0 Å². The second-order valence-electron chi connectivity index (χ2n) is 8.54. The Labute approximate surface area is 185 Å². The van der Waals surface area contributed by atoms with E-state index >= 15 is 0 Å². The maximum Gasteiger partial charge on any atom is 0.227 e. The number of nitrogens with one attached hydrogen (secondary N) is 2. The molecule has 2 aliphatic rings. The van der Waals surface area contributed by atoms with E-state index < -0.39 is 5.60 Å². The molecule has 1 aromatic carbocycles. The van der Waals surface area contributed by atoms with Gasteiger partial charge in [0.05, 0.1) is 25.4 Å². The summed E-state index contributed by atoms with van der Waals surface area (Å²) >= 11 is 0. The Hall–Kier alpha value is -2.16. The number of morpholine rings is 1. The first kappa shape index (κ1) is 23.5. The number of aliphatic imine (C=N–C) groups is 1. The minimum atomic E-state index is -0.904. The van der Waals surface area contributed by atoms with E-state index in [1.54, 1.807) is 0 Å². The molecule has 0 spiro atoms. The van der Waals surface area contributed by atoms with Crippen LogP contribution >= 0.6 is 0 Å². The second-order valence-corrected chi connectivity index (χ2v) is 8.54. The fourth-order valence-electron chi connectivity index (χ4n) is 4.06. The molecule has 1 saturated heterocycles. The molecule has 1 aromatic rings. The van der Waals surface area contributed by atoms with Crippen LogP contribution in [0.1, 0.15) is 32.3 Å². The summed E-state index contributed by atoms with van der Waals surface area (Å²) in [4.78, 5) is 21.3. The first-order valence-corrected chi connectivity index (χ1v) is 11.4. The van der Waals surface area contributed by atoms with Crippen molar-refractivity contribution in [2.24, 2.45) is 4.99 Å². The molecule has 1 unspecified atom stereocenters. The molecule has 8 heteroatoms. The summed E-state index contributed by atoms with van der Waals surface area (Å²) in [6.45, 7) is 9.99. The minimum Gasteiger partial charge on any atom is -0.387 e. The van der Waals surface area contributed by atoms with E-state index in [1.807, 2.05) is 36.9 Å². The van der Waals surface area contributed by atoms with Crippen LogP contribution in [-0.4, -0.2) is 86.5 Å². The molecule has 172 valence electrons. The van der Waals surface area contributed by atoms with Crippen LogP contribution < -0.4 is 15.5 Å². The van der Waals surface area contributed by atoms with Gasteiger partial charge in [0, 0.05) is 51.4 Å². The van der Waals surface area contributed by atoms with Gasteiger partial charge in [0.25, 0.3) is 0 Å². The molecule has 0 aliphatic carbocycles. The Morgan fingerprint density at radius 3 is 2.77 bits per heavy atom. The number of guanidine groups is 1. The lowest BCUT2D eigenvalue weighted by Crippen LogP contribution is -2.48. The minimum absolute atomic E-state index is 0.169. The van der Waals surface area contributed by atoms with Crippen molar-refractivity contribution in [2.45, 2.75) is 38.7 Å². The molecule has 1 fully saturated rings. The number of carbonyl (C=O) groups excluding carboxylic acids is 1. The molecule has 1 atom stereocenters. The number of β-amino-alcohol motifs (C(OH)–C–C–N with tert-alkyl or cyclic N) is 1. The summed E-state index contributed by atoms with van der Waals surface area (Å²) < 4.78 is 5.37. The van der Waals surface area contributed by atoms with E-state index in [4.69, 9.17) is 4.74 Å². The molecule has 31 heavy (non-hydrogen) atoms. The number of fused-ring (bicyclic) bond motifs is 1.